The second-order valence-corrected chi connectivity index (χ2v) is 4.52. The molecule has 0 aliphatic heterocycles. The van der Waals surface area contributed by atoms with Crippen LogP contribution in [0.2, 0.25) is 0 Å². The van der Waals surface area contributed by atoms with E-state index in [1.165, 1.54) is 10.9 Å². The number of hydrogen-bond donors (Lipinski definition) is 2. The lowest BCUT2D eigenvalue weighted by molar-refractivity contribution is -0.122. The van der Waals surface area contributed by atoms with Gasteiger partial charge in [-0.3, -0.25) is 4.79 Å². The van der Waals surface area contributed by atoms with Gasteiger partial charge in [-0.05, 0) is 24.6 Å². The van der Waals surface area contributed by atoms with Crippen LogP contribution >= 0.6 is 0 Å². The van der Waals surface area contributed by atoms with Crippen molar-refractivity contribution in [2.24, 2.45) is 5.73 Å². The van der Waals surface area contributed by atoms with Crippen molar-refractivity contribution >= 4 is 5.91 Å². The van der Waals surface area contributed by atoms with E-state index in [-0.39, 0.29) is 18.5 Å². The number of amides is 1. The van der Waals surface area contributed by atoms with E-state index in [4.69, 9.17) is 5.73 Å². The number of hydrogen-bond acceptors (Lipinski definition) is 4. The van der Waals surface area contributed by atoms with Crippen molar-refractivity contribution in [3.05, 3.63) is 47.8 Å². The first-order chi connectivity index (χ1) is 10.2. The Labute approximate surface area is 123 Å². The Morgan fingerprint density at radius 1 is 1.52 bits per heavy atom. The van der Waals surface area contributed by atoms with Gasteiger partial charge in [0.2, 0.25) is 5.91 Å². The molecular weight excluding hydrogens is 266 g/mol. The maximum atomic E-state index is 11.9. The van der Waals surface area contributed by atoms with Gasteiger partial charge in [0.15, 0.2) is 0 Å². The van der Waals surface area contributed by atoms with Crippen molar-refractivity contribution in [1.82, 2.24) is 20.3 Å². The molecule has 0 spiro atoms. The summed E-state index contributed by atoms with van der Waals surface area (Å²) in [5, 5.41) is 10.3. The highest BCUT2D eigenvalue weighted by Gasteiger charge is 2.10. The van der Waals surface area contributed by atoms with Gasteiger partial charge in [-0.2, -0.15) is 0 Å². The first-order valence-electron chi connectivity index (χ1n) is 6.61. The van der Waals surface area contributed by atoms with Crippen molar-refractivity contribution in [2.45, 2.75) is 19.5 Å². The van der Waals surface area contributed by atoms with Gasteiger partial charge in [-0.1, -0.05) is 29.2 Å². The lowest BCUT2D eigenvalue weighted by atomic mass is 10.1. The van der Waals surface area contributed by atoms with Crippen molar-refractivity contribution < 1.29 is 4.79 Å². The summed E-state index contributed by atoms with van der Waals surface area (Å²) in [7, 11) is 0. The van der Waals surface area contributed by atoms with Crippen LogP contribution in [-0.2, 0) is 11.3 Å². The standard InChI is InChI=1S/C15H17N5O/c1-12(18-15(21)11-20-9-8-17-19-20)14-6-2-4-13(10-14)5-3-7-16/h2,4,6,8-10,12H,7,11,16H2,1H3,(H,18,21). The zero-order valence-electron chi connectivity index (χ0n) is 11.8. The third-order valence-electron chi connectivity index (χ3n) is 2.88. The molecule has 1 amide bonds. The predicted octanol–water partition coefficient (Wildman–Crippen LogP) is 0.466. The second-order valence-electron chi connectivity index (χ2n) is 4.52. The molecule has 6 nitrogen and oxygen atoms in total. The average molecular weight is 283 g/mol. The molecule has 0 saturated heterocycles. The van der Waals surface area contributed by atoms with E-state index in [9.17, 15) is 4.79 Å². The zero-order valence-corrected chi connectivity index (χ0v) is 11.8. The molecule has 21 heavy (non-hydrogen) atoms. The smallest absolute Gasteiger partial charge is 0.242 e. The third-order valence-corrected chi connectivity index (χ3v) is 2.88. The van der Waals surface area contributed by atoms with E-state index in [0.717, 1.165) is 11.1 Å². The highest BCUT2D eigenvalue weighted by molar-refractivity contribution is 5.76. The highest BCUT2D eigenvalue weighted by atomic mass is 16.2. The number of aromatic nitrogens is 3. The number of carbonyl (C=O) groups excluding carboxylic acids is 1. The van der Waals surface area contributed by atoms with Crippen molar-refractivity contribution in [1.29, 1.82) is 0 Å². The van der Waals surface area contributed by atoms with Crippen LogP contribution in [0.1, 0.15) is 24.1 Å². The lowest BCUT2D eigenvalue weighted by Gasteiger charge is -2.14. The number of nitrogens with zero attached hydrogens (tertiary/aromatic N) is 3. The summed E-state index contributed by atoms with van der Waals surface area (Å²) < 4.78 is 1.48. The monoisotopic (exact) mass is 283 g/mol. The minimum atomic E-state index is -0.119. The summed E-state index contributed by atoms with van der Waals surface area (Å²) in [6.45, 7) is 2.40. The second kappa shape index (κ2) is 7.22. The number of carbonyl (C=O) groups is 1. The molecule has 2 rings (SSSR count). The zero-order chi connectivity index (χ0) is 15.1. The summed E-state index contributed by atoms with van der Waals surface area (Å²) in [5.74, 6) is 5.67. The molecule has 0 bridgehead atoms. The van der Waals surface area contributed by atoms with E-state index >= 15 is 0 Å². The van der Waals surface area contributed by atoms with E-state index in [0.29, 0.717) is 6.54 Å². The molecule has 0 fully saturated rings. The Morgan fingerprint density at radius 3 is 3.10 bits per heavy atom. The van der Waals surface area contributed by atoms with Crippen LogP contribution in [0.4, 0.5) is 0 Å². The van der Waals surface area contributed by atoms with Gasteiger partial charge in [-0.15, -0.1) is 5.10 Å². The first kappa shape index (κ1) is 14.8. The van der Waals surface area contributed by atoms with Crippen LogP contribution < -0.4 is 11.1 Å². The van der Waals surface area contributed by atoms with Gasteiger partial charge in [0, 0.05) is 11.8 Å². The van der Waals surface area contributed by atoms with Gasteiger partial charge in [0.25, 0.3) is 0 Å². The number of benzene rings is 1. The average Bonchev–Trinajstić information content (AvgIpc) is 2.98. The Kier molecular flexibility index (Phi) is 5.07. The molecule has 3 N–H and O–H groups in total. The van der Waals surface area contributed by atoms with Gasteiger partial charge < -0.3 is 11.1 Å². The fourth-order valence-electron chi connectivity index (χ4n) is 1.87. The van der Waals surface area contributed by atoms with Crippen molar-refractivity contribution in [2.75, 3.05) is 6.54 Å². The molecule has 2 aromatic rings. The van der Waals surface area contributed by atoms with Crippen molar-refractivity contribution in [3.63, 3.8) is 0 Å². The molecule has 1 aromatic heterocycles. The normalized spacial score (nSPS) is 11.3. The predicted molar refractivity (Wildman–Crippen MR) is 79.0 cm³/mol. The summed E-state index contributed by atoms with van der Waals surface area (Å²) in [6, 6.07) is 7.61. The molecule has 108 valence electrons. The maximum absolute atomic E-state index is 11.9. The van der Waals surface area contributed by atoms with Crippen LogP contribution in [0.15, 0.2) is 36.7 Å². The summed E-state index contributed by atoms with van der Waals surface area (Å²) >= 11 is 0. The van der Waals surface area contributed by atoms with E-state index in [1.54, 1.807) is 6.20 Å². The van der Waals surface area contributed by atoms with Crippen molar-refractivity contribution in [3.8, 4) is 11.8 Å². The first-order valence-corrected chi connectivity index (χ1v) is 6.61. The fraction of sp³-hybridized carbons (Fsp3) is 0.267. The minimum Gasteiger partial charge on any atom is -0.348 e. The van der Waals surface area contributed by atoms with Gasteiger partial charge in [0.1, 0.15) is 6.54 Å². The SMILES string of the molecule is CC(NC(=O)Cn1ccnn1)c1cccc(C#CCN)c1. The summed E-state index contributed by atoms with van der Waals surface area (Å²) in [5.41, 5.74) is 7.24. The molecule has 1 unspecified atom stereocenters. The fourth-order valence-corrected chi connectivity index (χ4v) is 1.87. The Bertz CT molecular complexity index is 654. The van der Waals surface area contributed by atoms with Gasteiger partial charge in [0.05, 0.1) is 18.8 Å². The van der Waals surface area contributed by atoms with E-state index in [1.807, 2.05) is 31.2 Å². The van der Waals surface area contributed by atoms with Gasteiger partial charge in [-0.25, -0.2) is 4.68 Å². The largest absolute Gasteiger partial charge is 0.348 e. The summed E-state index contributed by atoms with van der Waals surface area (Å²) in [4.78, 5) is 11.9. The molecule has 1 heterocycles. The molecular formula is C15H17N5O. The minimum absolute atomic E-state index is 0.111. The van der Waals surface area contributed by atoms with Crippen LogP contribution in [0.3, 0.4) is 0 Å². The Balaban J connectivity index is 1.99. The Hall–Kier alpha value is -2.65. The number of nitrogens with one attached hydrogen (secondary N) is 1. The molecule has 0 saturated carbocycles. The third kappa shape index (κ3) is 4.44. The van der Waals surface area contributed by atoms with Gasteiger partial charge >= 0.3 is 0 Å². The molecule has 0 radical (unpaired) electrons. The molecule has 1 aromatic carbocycles. The topological polar surface area (TPSA) is 85.8 Å². The highest BCUT2D eigenvalue weighted by Crippen LogP contribution is 2.13. The molecule has 0 aliphatic rings. The quantitative estimate of drug-likeness (QED) is 0.798. The Morgan fingerprint density at radius 2 is 2.38 bits per heavy atom. The summed E-state index contributed by atoms with van der Waals surface area (Å²) in [6.07, 6.45) is 3.18. The van der Waals surface area contributed by atoms with Crippen LogP contribution in [0.25, 0.3) is 0 Å². The van der Waals surface area contributed by atoms with Crippen LogP contribution in [0, 0.1) is 11.8 Å². The number of nitrogens with two attached hydrogens (primary N) is 1. The van der Waals surface area contributed by atoms with Crippen LogP contribution in [0.5, 0.6) is 0 Å². The lowest BCUT2D eigenvalue weighted by Crippen LogP contribution is -2.30. The van der Waals surface area contributed by atoms with E-state index < -0.39 is 0 Å². The number of rotatable bonds is 4. The molecule has 1 atom stereocenters. The van der Waals surface area contributed by atoms with Crippen LogP contribution in [-0.4, -0.2) is 27.4 Å². The maximum Gasteiger partial charge on any atom is 0.242 e. The van der Waals surface area contributed by atoms with E-state index in [2.05, 4.69) is 27.5 Å². The molecule has 6 heteroatoms. The molecule has 0 aliphatic carbocycles.